The van der Waals surface area contributed by atoms with Gasteiger partial charge in [-0.3, -0.25) is 4.79 Å². The second kappa shape index (κ2) is 5.20. The van der Waals surface area contributed by atoms with E-state index in [1.807, 2.05) is 20.8 Å². The zero-order valence-electron chi connectivity index (χ0n) is 12.6. The van der Waals surface area contributed by atoms with Crippen molar-refractivity contribution in [2.45, 2.75) is 72.3 Å². The molecule has 0 radical (unpaired) electrons. The average molecular weight is 255 g/mol. The largest absolute Gasteiger partial charge is 0.388 e. The number of carbonyl (C=O) groups excluding carboxylic acids is 1. The van der Waals surface area contributed by atoms with Crippen LogP contribution in [-0.2, 0) is 4.79 Å². The molecule has 0 aromatic rings. The average Bonchev–Trinajstić information content (AvgIpc) is 2.31. The topological polar surface area (TPSA) is 49.3 Å². The molecule has 1 saturated carbocycles. The van der Waals surface area contributed by atoms with Crippen LogP contribution in [0.5, 0.6) is 0 Å². The van der Waals surface area contributed by atoms with Gasteiger partial charge < -0.3 is 10.4 Å². The number of amides is 1. The first-order valence-corrected chi connectivity index (χ1v) is 7.11. The zero-order chi connectivity index (χ0) is 14.0. The van der Waals surface area contributed by atoms with Crippen molar-refractivity contribution in [2.24, 2.45) is 10.8 Å². The molecule has 0 saturated heterocycles. The van der Waals surface area contributed by atoms with Gasteiger partial charge in [-0.25, -0.2) is 0 Å². The van der Waals surface area contributed by atoms with E-state index in [0.29, 0.717) is 12.0 Å². The maximum absolute atomic E-state index is 12.0. The first-order valence-electron chi connectivity index (χ1n) is 7.11. The Morgan fingerprint density at radius 3 is 2.17 bits per heavy atom. The molecule has 1 aliphatic carbocycles. The van der Waals surface area contributed by atoms with Crippen molar-refractivity contribution in [1.82, 2.24) is 5.32 Å². The Morgan fingerprint density at radius 2 is 1.72 bits per heavy atom. The normalized spacial score (nSPS) is 22.6. The lowest BCUT2D eigenvalue weighted by molar-refractivity contribution is -0.131. The predicted molar refractivity (Wildman–Crippen MR) is 74.3 cm³/mol. The molecule has 1 aliphatic rings. The van der Waals surface area contributed by atoms with Crippen LogP contribution in [0.1, 0.15) is 66.7 Å². The molecule has 18 heavy (non-hydrogen) atoms. The van der Waals surface area contributed by atoms with Crippen molar-refractivity contribution < 1.29 is 9.90 Å². The molecule has 0 atom stereocenters. The molecule has 1 rings (SSSR count). The SMILES string of the molecule is CCC(C)(C)C(=O)NCC1(O)CCC(C)(C)CC1. The fourth-order valence-electron chi connectivity index (χ4n) is 2.21. The van der Waals surface area contributed by atoms with Crippen molar-refractivity contribution in [3.8, 4) is 0 Å². The molecule has 0 aromatic carbocycles. The molecule has 1 amide bonds. The lowest BCUT2D eigenvalue weighted by Gasteiger charge is -2.40. The molecule has 0 bridgehead atoms. The highest BCUT2D eigenvalue weighted by atomic mass is 16.3. The fraction of sp³-hybridized carbons (Fsp3) is 0.933. The van der Waals surface area contributed by atoms with E-state index in [0.717, 1.165) is 32.1 Å². The number of hydrogen-bond donors (Lipinski definition) is 2. The highest BCUT2D eigenvalue weighted by molar-refractivity contribution is 5.81. The Labute approximate surface area is 111 Å². The number of rotatable bonds is 4. The number of aliphatic hydroxyl groups is 1. The van der Waals surface area contributed by atoms with Gasteiger partial charge >= 0.3 is 0 Å². The van der Waals surface area contributed by atoms with Gasteiger partial charge in [-0.1, -0.05) is 34.6 Å². The third kappa shape index (κ3) is 3.98. The van der Waals surface area contributed by atoms with Crippen LogP contribution in [0, 0.1) is 10.8 Å². The van der Waals surface area contributed by atoms with Crippen LogP contribution in [0.15, 0.2) is 0 Å². The summed E-state index contributed by atoms with van der Waals surface area (Å²) < 4.78 is 0. The van der Waals surface area contributed by atoms with Gasteiger partial charge in [0, 0.05) is 12.0 Å². The first-order chi connectivity index (χ1) is 8.10. The number of carbonyl (C=O) groups is 1. The van der Waals surface area contributed by atoms with Gasteiger partial charge in [-0.15, -0.1) is 0 Å². The summed E-state index contributed by atoms with van der Waals surface area (Å²) in [4.78, 5) is 12.0. The molecular weight excluding hydrogens is 226 g/mol. The molecule has 3 nitrogen and oxygen atoms in total. The molecule has 0 aliphatic heterocycles. The van der Waals surface area contributed by atoms with Crippen LogP contribution in [0.25, 0.3) is 0 Å². The van der Waals surface area contributed by atoms with E-state index >= 15 is 0 Å². The molecule has 0 spiro atoms. The van der Waals surface area contributed by atoms with E-state index in [9.17, 15) is 9.90 Å². The maximum atomic E-state index is 12.0. The van der Waals surface area contributed by atoms with E-state index in [2.05, 4.69) is 19.2 Å². The summed E-state index contributed by atoms with van der Waals surface area (Å²) in [5.41, 5.74) is -0.710. The molecule has 106 valence electrons. The summed E-state index contributed by atoms with van der Waals surface area (Å²) in [5, 5.41) is 13.4. The van der Waals surface area contributed by atoms with Crippen molar-refractivity contribution in [3.05, 3.63) is 0 Å². The first kappa shape index (κ1) is 15.5. The Morgan fingerprint density at radius 1 is 1.22 bits per heavy atom. The molecular formula is C15H29NO2. The Kier molecular flexibility index (Phi) is 4.47. The van der Waals surface area contributed by atoms with E-state index in [1.165, 1.54) is 0 Å². The third-order valence-electron chi connectivity index (χ3n) is 4.61. The summed E-state index contributed by atoms with van der Waals surface area (Å²) in [6.07, 6.45) is 4.43. The fourth-order valence-corrected chi connectivity index (χ4v) is 2.21. The Balaban J connectivity index is 2.47. The van der Waals surface area contributed by atoms with Crippen LogP contribution in [0.4, 0.5) is 0 Å². The summed E-state index contributed by atoms with van der Waals surface area (Å²) in [6, 6.07) is 0. The monoisotopic (exact) mass is 255 g/mol. The highest BCUT2D eigenvalue weighted by Crippen LogP contribution is 2.39. The zero-order valence-corrected chi connectivity index (χ0v) is 12.6. The van der Waals surface area contributed by atoms with Crippen LogP contribution >= 0.6 is 0 Å². The maximum Gasteiger partial charge on any atom is 0.225 e. The lowest BCUT2D eigenvalue weighted by atomic mass is 9.71. The molecule has 2 N–H and O–H groups in total. The molecule has 3 heteroatoms. The molecule has 0 heterocycles. The smallest absolute Gasteiger partial charge is 0.225 e. The van der Waals surface area contributed by atoms with Crippen molar-refractivity contribution >= 4 is 5.91 Å². The van der Waals surface area contributed by atoms with Gasteiger partial charge in [-0.2, -0.15) is 0 Å². The summed E-state index contributed by atoms with van der Waals surface area (Å²) in [5.74, 6) is 0.0447. The quantitative estimate of drug-likeness (QED) is 0.811. The number of hydrogen-bond acceptors (Lipinski definition) is 2. The second-order valence-electron chi connectivity index (χ2n) is 7.31. The lowest BCUT2D eigenvalue weighted by Crippen LogP contribution is -2.49. The van der Waals surface area contributed by atoms with Crippen LogP contribution < -0.4 is 5.32 Å². The minimum Gasteiger partial charge on any atom is -0.388 e. The Hall–Kier alpha value is -0.570. The summed E-state index contributed by atoms with van der Waals surface area (Å²) in [7, 11) is 0. The van der Waals surface area contributed by atoms with Crippen molar-refractivity contribution in [1.29, 1.82) is 0 Å². The molecule has 0 aromatic heterocycles. The van der Waals surface area contributed by atoms with E-state index in [1.54, 1.807) is 0 Å². The van der Waals surface area contributed by atoms with Gasteiger partial charge in [0.05, 0.1) is 5.60 Å². The van der Waals surface area contributed by atoms with Crippen LogP contribution in [0.2, 0.25) is 0 Å². The summed E-state index contributed by atoms with van der Waals surface area (Å²) >= 11 is 0. The third-order valence-corrected chi connectivity index (χ3v) is 4.61. The van der Waals surface area contributed by atoms with Crippen molar-refractivity contribution in [3.63, 3.8) is 0 Å². The minimum absolute atomic E-state index is 0.0447. The molecule has 0 unspecified atom stereocenters. The van der Waals surface area contributed by atoms with Crippen LogP contribution in [0.3, 0.4) is 0 Å². The van der Waals surface area contributed by atoms with Gasteiger partial charge in [0.15, 0.2) is 0 Å². The van der Waals surface area contributed by atoms with E-state index in [4.69, 9.17) is 0 Å². The van der Waals surface area contributed by atoms with Gasteiger partial charge in [0.1, 0.15) is 0 Å². The van der Waals surface area contributed by atoms with E-state index in [-0.39, 0.29) is 11.3 Å². The number of nitrogens with one attached hydrogen (secondary N) is 1. The van der Waals surface area contributed by atoms with Gasteiger partial charge in [0.25, 0.3) is 0 Å². The van der Waals surface area contributed by atoms with Gasteiger partial charge in [-0.05, 0) is 37.5 Å². The standard InChI is InChI=1S/C15H29NO2/c1-6-14(4,5)12(17)16-11-15(18)9-7-13(2,3)8-10-15/h18H,6-11H2,1-5H3,(H,16,17). The second-order valence-corrected chi connectivity index (χ2v) is 7.31. The predicted octanol–water partition coefficient (Wildman–Crippen LogP) is 2.87. The van der Waals surface area contributed by atoms with Gasteiger partial charge in [0.2, 0.25) is 5.91 Å². The van der Waals surface area contributed by atoms with Crippen LogP contribution in [-0.4, -0.2) is 23.2 Å². The van der Waals surface area contributed by atoms with E-state index < -0.39 is 5.60 Å². The Bertz CT molecular complexity index is 298. The molecule has 1 fully saturated rings. The minimum atomic E-state index is -0.699. The highest BCUT2D eigenvalue weighted by Gasteiger charge is 2.37. The van der Waals surface area contributed by atoms with Crippen molar-refractivity contribution in [2.75, 3.05) is 6.54 Å². The summed E-state index contributed by atoms with van der Waals surface area (Å²) in [6.45, 7) is 10.8.